The standard InChI is InChI=1S/C21H23Cl2N3O3/c1-28-21(27)25-10-12-7-14(25)8-19(12)29-11-18-15(9-24-26(18)13-5-6-13)20-16(22)3-2-4-17(20)23/h2-4,9,12-14,19H,5-8,10-11H2,1H3/t12-,14-,19+/m0/s1. The number of piperidine rings is 1. The minimum atomic E-state index is -0.238. The molecule has 0 radical (unpaired) electrons. The largest absolute Gasteiger partial charge is 0.453 e. The van der Waals surface area contributed by atoms with Crippen LogP contribution in [0.15, 0.2) is 24.4 Å². The minimum Gasteiger partial charge on any atom is -0.453 e. The van der Waals surface area contributed by atoms with Crippen LogP contribution in [-0.2, 0) is 16.1 Å². The van der Waals surface area contributed by atoms with E-state index in [1.807, 2.05) is 29.3 Å². The first-order chi connectivity index (χ1) is 14.1. The van der Waals surface area contributed by atoms with Crippen LogP contribution in [0.25, 0.3) is 11.1 Å². The van der Waals surface area contributed by atoms with E-state index in [1.165, 1.54) is 7.11 Å². The van der Waals surface area contributed by atoms with Gasteiger partial charge in [-0.25, -0.2) is 4.79 Å². The summed E-state index contributed by atoms with van der Waals surface area (Å²) >= 11 is 12.9. The number of carbonyl (C=O) groups excluding carboxylic acids is 1. The number of hydrogen-bond donors (Lipinski definition) is 0. The molecule has 29 heavy (non-hydrogen) atoms. The van der Waals surface area contributed by atoms with E-state index < -0.39 is 0 Å². The number of ether oxygens (including phenoxy) is 2. The van der Waals surface area contributed by atoms with Gasteiger partial charge in [-0.3, -0.25) is 4.68 Å². The van der Waals surface area contributed by atoms with Crippen molar-refractivity contribution in [1.82, 2.24) is 14.7 Å². The van der Waals surface area contributed by atoms with Gasteiger partial charge in [0, 0.05) is 29.6 Å². The number of methoxy groups -OCH3 is 1. The number of hydrogen-bond acceptors (Lipinski definition) is 4. The number of benzene rings is 1. The van der Waals surface area contributed by atoms with Gasteiger partial charge in [-0.1, -0.05) is 29.3 Å². The number of rotatable bonds is 5. The van der Waals surface area contributed by atoms with Crippen molar-refractivity contribution >= 4 is 29.3 Å². The number of likely N-dealkylation sites (tertiary alicyclic amines) is 1. The molecule has 2 aromatic rings. The molecule has 1 aromatic carbocycles. The Bertz CT molecular complexity index is 923. The Morgan fingerprint density at radius 3 is 2.59 bits per heavy atom. The molecule has 8 heteroatoms. The maximum atomic E-state index is 11.9. The van der Waals surface area contributed by atoms with Gasteiger partial charge >= 0.3 is 6.09 Å². The molecule has 1 aromatic heterocycles. The summed E-state index contributed by atoms with van der Waals surface area (Å²) in [6.07, 6.45) is 5.84. The van der Waals surface area contributed by atoms with Gasteiger partial charge in [0.2, 0.25) is 0 Å². The quantitative estimate of drug-likeness (QED) is 0.667. The predicted molar refractivity (Wildman–Crippen MR) is 110 cm³/mol. The summed E-state index contributed by atoms with van der Waals surface area (Å²) in [5, 5.41) is 5.85. The van der Waals surface area contributed by atoms with Gasteiger partial charge in [0.05, 0.1) is 47.8 Å². The van der Waals surface area contributed by atoms with Crippen molar-refractivity contribution < 1.29 is 14.3 Å². The van der Waals surface area contributed by atoms with E-state index >= 15 is 0 Å². The lowest BCUT2D eigenvalue weighted by molar-refractivity contribution is -0.0113. The van der Waals surface area contributed by atoms with E-state index in [0.29, 0.717) is 35.2 Å². The lowest BCUT2D eigenvalue weighted by Gasteiger charge is -2.30. The number of nitrogens with zero attached hydrogens (tertiary/aromatic N) is 3. The lowest BCUT2D eigenvalue weighted by Crippen LogP contribution is -2.42. The third kappa shape index (κ3) is 3.41. The van der Waals surface area contributed by atoms with Crippen LogP contribution < -0.4 is 0 Å². The molecule has 5 rings (SSSR count). The van der Waals surface area contributed by atoms with Gasteiger partial charge in [-0.15, -0.1) is 0 Å². The third-order valence-corrected chi connectivity index (χ3v) is 6.97. The fraction of sp³-hybridized carbons (Fsp3) is 0.524. The van der Waals surface area contributed by atoms with Gasteiger partial charge in [0.1, 0.15) is 0 Å². The number of fused-ring (bicyclic) bond motifs is 2. The second kappa shape index (κ2) is 7.49. The van der Waals surface area contributed by atoms with E-state index in [9.17, 15) is 4.79 Å². The first-order valence-corrected chi connectivity index (χ1v) is 10.8. The van der Waals surface area contributed by atoms with Crippen LogP contribution in [0.3, 0.4) is 0 Å². The van der Waals surface area contributed by atoms with Crippen molar-refractivity contribution in [2.75, 3.05) is 13.7 Å². The Morgan fingerprint density at radius 2 is 1.97 bits per heavy atom. The molecule has 2 aliphatic carbocycles. The maximum Gasteiger partial charge on any atom is 0.409 e. The molecule has 0 unspecified atom stereocenters. The van der Waals surface area contributed by atoms with Crippen molar-refractivity contribution in [3.8, 4) is 11.1 Å². The molecule has 2 saturated carbocycles. The van der Waals surface area contributed by atoms with Gasteiger partial charge < -0.3 is 14.4 Å². The molecule has 0 spiro atoms. The van der Waals surface area contributed by atoms with E-state index in [0.717, 1.165) is 42.5 Å². The first-order valence-electron chi connectivity index (χ1n) is 10.0. The van der Waals surface area contributed by atoms with Crippen LogP contribution in [0.5, 0.6) is 0 Å². The smallest absolute Gasteiger partial charge is 0.409 e. The molecule has 2 bridgehead atoms. The second-order valence-corrected chi connectivity index (χ2v) is 8.95. The fourth-order valence-electron chi connectivity index (χ4n) is 4.77. The highest BCUT2D eigenvalue weighted by atomic mass is 35.5. The molecule has 3 aliphatic rings. The summed E-state index contributed by atoms with van der Waals surface area (Å²) in [6.45, 7) is 1.16. The van der Waals surface area contributed by atoms with Gasteiger partial charge in [-0.2, -0.15) is 5.10 Å². The van der Waals surface area contributed by atoms with E-state index in [4.69, 9.17) is 32.7 Å². The monoisotopic (exact) mass is 435 g/mol. The number of carbonyl (C=O) groups is 1. The Morgan fingerprint density at radius 1 is 1.21 bits per heavy atom. The van der Waals surface area contributed by atoms with Crippen LogP contribution in [-0.4, -0.2) is 46.6 Å². The average molecular weight is 436 g/mol. The number of halogens is 2. The summed E-state index contributed by atoms with van der Waals surface area (Å²) in [5.74, 6) is 0.351. The highest BCUT2D eigenvalue weighted by Crippen LogP contribution is 2.43. The van der Waals surface area contributed by atoms with Crippen LogP contribution >= 0.6 is 23.2 Å². The van der Waals surface area contributed by atoms with Crippen molar-refractivity contribution in [2.45, 2.75) is 50.5 Å². The SMILES string of the molecule is COC(=O)N1C[C@@H]2C[C@H]1C[C@H]2OCc1c(-c2c(Cl)cccc2Cl)cnn1C1CC1. The lowest BCUT2D eigenvalue weighted by atomic mass is 10.0. The van der Waals surface area contributed by atoms with Crippen LogP contribution in [0.1, 0.15) is 37.4 Å². The van der Waals surface area contributed by atoms with Crippen molar-refractivity contribution in [3.63, 3.8) is 0 Å². The molecule has 3 fully saturated rings. The summed E-state index contributed by atoms with van der Waals surface area (Å²) in [5.41, 5.74) is 2.77. The molecule has 2 heterocycles. The van der Waals surface area contributed by atoms with E-state index in [2.05, 4.69) is 9.78 Å². The highest BCUT2D eigenvalue weighted by Gasteiger charge is 2.47. The predicted octanol–water partition coefficient (Wildman–Crippen LogP) is 4.94. The molecular weight excluding hydrogens is 413 g/mol. The molecule has 3 atom stereocenters. The van der Waals surface area contributed by atoms with Crippen molar-refractivity contribution in [1.29, 1.82) is 0 Å². The average Bonchev–Trinajstić information content (AvgIpc) is 3.17. The van der Waals surface area contributed by atoms with Gasteiger partial charge in [-0.05, 0) is 37.8 Å². The third-order valence-electron chi connectivity index (χ3n) is 6.34. The summed E-state index contributed by atoms with van der Waals surface area (Å²) in [7, 11) is 1.43. The first kappa shape index (κ1) is 19.2. The Labute approximate surface area is 179 Å². The normalized spacial score (nSPS) is 25.6. The zero-order valence-electron chi connectivity index (χ0n) is 16.2. The molecule has 1 aliphatic heterocycles. The number of amides is 1. The summed E-state index contributed by atoms with van der Waals surface area (Å²) < 4.78 is 13.3. The molecule has 0 N–H and O–H groups in total. The summed E-state index contributed by atoms with van der Waals surface area (Å²) in [4.78, 5) is 13.7. The van der Waals surface area contributed by atoms with Crippen molar-refractivity contribution in [3.05, 3.63) is 40.1 Å². The highest BCUT2D eigenvalue weighted by molar-refractivity contribution is 6.39. The van der Waals surface area contributed by atoms with E-state index in [1.54, 1.807) is 0 Å². The fourth-order valence-corrected chi connectivity index (χ4v) is 5.37. The van der Waals surface area contributed by atoms with E-state index in [-0.39, 0.29) is 18.2 Å². The van der Waals surface area contributed by atoms with Crippen LogP contribution in [0, 0.1) is 5.92 Å². The minimum absolute atomic E-state index is 0.137. The molecular formula is C21H23Cl2N3O3. The second-order valence-electron chi connectivity index (χ2n) is 8.13. The van der Waals surface area contributed by atoms with Crippen LogP contribution in [0.2, 0.25) is 10.0 Å². The number of aromatic nitrogens is 2. The topological polar surface area (TPSA) is 56.6 Å². The molecule has 6 nitrogen and oxygen atoms in total. The Hall–Kier alpha value is -1.76. The Kier molecular flexibility index (Phi) is 4.96. The molecule has 1 amide bonds. The molecule has 1 saturated heterocycles. The maximum absolute atomic E-state index is 11.9. The van der Waals surface area contributed by atoms with Crippen LogP contribution in [0.4, 0.5) is 4.79 Å². The van der Waals surface area contributed by atoms with Gasteiger partial charge in [0.25, 0.3) is 0 Å². The zero-order chi connectivity index (χ0) is 20.1. The van der Waals surface area contributed by atoms with Gasteiger partial charge in [0.15, 0.2) is 0 Å². The zero-order valence-corrected chi connectivity index (χ0v) is 17.7. The Balaban J connectivity index is 1.36. The molecule has 154 valence electrons. The van der Waals surface area contributed by atoms with Crippen molar-refractivity contribution in [2.24, 2.45) is 5.92 Å². The summed E-state index contributed by atoms with van der Waals surface area (Å²) in [6, 6.07) is 6.18.